The SMILES string of the molecule is NC(=O)c1c(Cc2ccc(F)cc2)oc2ccc(-c3cccc(C(=O)Nc4ccncc4)c3)cc12. The summed E-state index contributed by atoms with van der Waals surface area (Å²) in [6.45, 7) is 0. The number of carbonyl (C=O) groups excluding carboxylic acids is 2. The van der Waals surface area contributed by atoms with Gasteiger partial charge in [0.15, 0.2) is 0 Å². The van der Waals surface area contributed by atoms with Gasteiger partial charge in [-0.25, -0.2) is 4.39 Å². The van der Waals surface area contributed by atoms with Gasteiger partial charge in [0.1, 0.15) is 17.2 Å². The molecule has 0 radical (unpaired) electrons. The van der Waals surface area contributed by atoms with Crippen molar-refractivity contribution in [1.82, 2.24) is 4.98 Å². The van der Waals surface area contributed by atoms with E-state index in [1.54, 1.807) is 60.9 Å². The Morgan fingerprint density at radius 3 is 2.40 bits per heavy atom. The standard InChI is InChI=1S/C28H20FN3O3/c29-21-7-4-17(5-8-21)14-25-26(27(30)33)23-16-19(6-9-24(23)35-25)18-2-1-3-20(15-18)28(34)32-22-10-12-31-13-11-22/h1-13,15-16H,14H2,(H2,30,33)(H,31,32,34). The van der Waals surface area contributed by atoms with Crippen LogP contribution in [0.15, 0.2) is 95.7 Å². The molecule has 0 saturated heterocycles. The normalized spacial score (nSPS) is 10.9. The van der Waals surface area contributed by atoms with Crippen molar-refractivity contribution >= 4 is 28.5 Å². The molecule has 3 aromatic carbocycles. The number of carbonyl (C=O) groups is 2. The second-order valence-electron chi connectivity index (χ2n) is 8.05. The predicted octanol–water partition coefficient (Wildman–Crippen LogP) is 5.58. The molecule has 0 unspecified atom stereocenters. The van der Waals surface area contributed by atoms with Gasteiger partial charge in [-0.1, -0.05) is 30.3 Å². The maximum Gasteiger partial charge on any atom is 0.255 e. The Labute approximate surface area is 200 Å². The number of fused-ring (bicyclic) bond motifs is 1. The molecule has 2 amide bonds. The first kappa shape index (κ1) is 22.0. The maximum absolute atomic E-state index is 13.3. The topological polar surface area (TPSA) is 98.2 Å². The average molecular weight is 465 g/mol. The molecule has 2 heterocycles. The molecule has 7 heteroatoms. The first-order valence-corrected chi connectivity index (χ1v) is 10.9. The van der Waals surface area contributed by atoms with Crippen LogP contribution in [0.2, 0.25) is 0 Å². The third-order valence-corrected chi connectivity index (χ3v) is 5.68. The molecule has 0 fully saturated rings. The third-order valence-electron chi connectivity index (χ3n) is 5.68. The van der Waals surface area contributed by atoms with Crippen molar-refractivity contribution in [1.29, 1.82) is 0 Å². The van der Waals surface area contributed by atoms with Gasteiger partial charge >= 0.3 is 0 Å². The third kappa shape index (κ3) is 4.65. The van der Waals surface area contributed by atoms with Crippen molar-refractivity contribution in [3.8, 4) is 11.1 Å². The summed E-state index contributed by atoms with van der Waals surface area (Å²) in [6, 6.07) is 22.1. The van der Waals surface area contributed by atoms with E-state index in [2.05, 4.69) is 10.3 Å². The molecule has 6 nitrogen and oxygen atoms in total. The van der Waals surface area contributed by atoms with Gasteiger partial charge in [-0.2, -0.15) is 0 Å². The molecule has 5 rings (SSSR count). The Balaban J connectivity index is 1.49. The van der Waals surface area contributed by atoms with Gasteiger partial charge in [-0.15, -0.1) is 0 Å². The molecule has 35 heavy (non-hydrogen) atoms. The van der Waals surface area contributed by atoms with Crippen molar-refractivity contribution in [2.75, 3.05) is 5.32 Å². The summed E-state index contributed by atoms with van der Waals surface area (Å²) >= 11 is 0. The summed E-state index contributed by atoms with van der Waals surface area (Å²) in [6.07, 6.45) is 3.51. The number of furan rings is 1. The van der Waals surface area contributed by atoms with Gasteiger partial charge in [0.05, 0.1) is 5.56 Å². The summed E-state index contributed by atoms with van der Waals surface area (Å²) in [4.78, 5) is 29.0. The summed E-state index contributed by atoms with van der Waals surface area (Å²) in [5.41, 5.74) is 10.0. The van der Waals surface area contributed by atoms with E-state index in [0.717, 1.165) is 16.7 Å². The van der Waals surface area contributed by atoms with Gasteiger partial charge in [-0.3, -0.25) is 14.6 Å². The van der Waals surface area contributed by atoms with Crippen molar-refractivity contribution in [2.24, 2.45) is 5.73 Å². The minimum Gasteiger partial charge on any atom is -0.460 e. The van der Waals surface area contributed by atoms with E-state index in [-0.39, 0.29) is 17.3 Å². The van der Waals surface area contributed by atoms with E-state index in [1.807, 2.05) is 18.2 Å². The van der Waals surface area contributed by atoms with Gasteiger partial charge in [0, 0.05) is 35.5 Å². The molecule has 0 aliphatic rings. The minimum atomic E-state index is -0.608. The Kier molecular flexibility index (Phi) is 5.81. The molecule has 0 aliphatic carbocycles. The number of nitrogens with one attached hydrogen (secondary N) is 1. The molecule has 5 aromatic rings. The number of rotatable bonds is 6. The van der Waals surface area contributed by atoms with Crippen molar-refractivity contribution in [3.63, 3.8) is 0 Å². The fraction of sp³-hybridized carbons (Fsp3) is 0.0357. The van der Waals surface area contributed by atoms with E-state index >= 15 is 0 Å². The highest BCUT2D eigenvalue weighted by Crippen LogP contribution is 2.32. The fourth-order valence-electron chi connectivity index (χ4n) is 3.99. The van der Waals surface area contributed by atoms with Crippen LogP contribution in [0.25, 0.3) is 22.1 Å². The molecular formula is C28H20FN3O3. The van der Waals surface area contributed by atoms with E-state index in [9.17, 15) is 14.0 Å². The Hall–Kier alpha value is -4.78. The number of hydrogen-bond acceptors (Lipinski definition) is 4. The largest absolute Gasteiger partial charge is 0.460 e. The van der Waals surface area contributed by atoms with E-state index in [0.29, 0.717) is 34.4 Å². The zero-order valence-electron chi connectivity index (χ0n) is 18.5. The highest BCUT2D eigenvalue weighted by molar-refractivity contribution is 6.08. The highest BCUT2D eigenvalue weighted by Gasteiger charge is 2.20. The number of nitrogens with zero attached hydrogens (tertiary/aromatic N) is 1. The first-order valence-electron chi connectivity index (χ1n) is 10.9. The summed E-state index contributed by atoms with van der Waals surface area (Å²) in [5, 5.41) is 3.42. The number of anilines is 1. The zero-order valence-corrected chi connectivity index (χ0v) is 18.5. The Bertz CT molecular complexity index is 1540. The van der Waals surface area contributed by atoms with Gasteiger partial charge < -0.3 is 15.5 Å². The van der Waals surface area contributed by atoms with Crippen LogP contribution in [0.1, 0.15) is 32.0 Å². The molecule has 3 N–H and O–H groups in total. The molecule has 0 saturated carbocycles. The average Bonchev–Trinajstić information content (AvgIpc) is 3.23. The highest BCUT2D eigenvalue weighted by atomic mass is 19.1. The zero-order chi connectivity index (χ0) is 24.4. The number of amides is 2. The monoisotopic (exact) mass is 465 g/mol. The van der Waals surface area contributed by atoms with E-state index in [4.69, 9.17) is 10.2 Å². The lowest BCUT2D eigenvalue weighted by Gasteiger charge is -2.07. The Morgan fingerprint density at radius 2 is 1.66 bits per heavy atom. The smallest absolute Gasteiger partial charge is 0.255 e. The quantitative estimate of drug-likeness (QED) is 0.342. The number of primary amides is 1. The Morgan fingerprint density at radius 1 is 0.914 bits per heavy atom. The molecule has 0 atom stereocenters. The lowest BCUT2D eigenvalue weighted by molar-refractivity contribution is 0.0997. The van der Waals surface area contributed by atoms with Crippen molar-refractivity contribution < 1.29 is 18.4 Å². The molecule has 2 aromatic heterocycles. The summed E-state index contributed by atoms with van der Waals surface area (Å²) < 4.78 is 19.2. The molecule has 172 valence electrons. The molecule has 0 aliphatic heterocycles. The summed E-state index contributed by atoms with van der Waals surface area (Å²) in [5.74, 6) is -0.776. The van der Waals surface area contributed by atoms with E-state index in [1.165, 1.54) is 12.1 Å². The van der Waals surface area contributed by atoms with Crippen LogP contribution in [0, 0.1) is 5.82 Å². The number of hydrogen-bond donors (Lipinski definition) is 2. The van der Waals surface area contributed by atoms with Gasteiger partial charge in [0.2, 0.25) is 0 Å². The lowest BCUT2D eigenvalue weighted by Crippen LogP contribution is -2.12. The first-order chi connectivity index (χ1) is 17.0. The number of aromatic nitrogens is 1. The predicted molar refractivity (Wildman–Crippen MR) is 132 cm³/mol. The van der Waals surface area contributed by atoms with Crippen molar-refractivity contribution in [2.45, 2.75) is 6.42 Å². The number of benzene rings is 3. The van der Waals surface area contributed by atoms with Gasteiger partial charge in [-0.05, 0) is 65.2 Å². The minimum absolute atomic E-state index is 0.248. The van der Waals surface area contributed by atoms with Crippen molar-refractivity contribution in [3.05, 3.63) is 120 Å². The van der Waals surface area contributed by atoms with Crippen LogP contribution in [0.3, 0.4) is 0 Å². The van der Waals surface area contributed by atoms with Crippen LogP contribution < -0.4 is 11.1 Å². The maximum atomic E-state index is 13.3. The number of nitrogens with two attached hydrogens (primary N) is 1. The lowest BCUT2D eigenvalue weighted by atomic mass is 9.99. The number of halogens is 1. The van der Waals surface area contributed by atoms with Crippen LogP contribution in [0.5, 0.6) is 0 Å². The molecule has 0 spiro atoms. The number of pyridine rings is 1. The van der Waals surface area contributed by atoms with Gasteiger partial charge in [0.25, 0.3) is 11.8 Å². The van der Waals surface area contributed by atoms with Crippen LogP contribution in [-0.4, -0.2) is 16.8 Å². The van der Waals surface area contributed by atoms with E-state index < -0.39 is 5.91 Å². The second kappa shape index (κ2) is 9.23. The summed E-state index contributed by atoms with van der Waals surface area (Å²) in [7, 11) is 0. The molecule has 0 bridgehead atoms. The van der Waals surface area contributed by atoms with Crippen LogP contribution >= 0.6 is 0 Å². The van der Waals surface area contributed by atoms with Crippen LogP contribution in [-0.2, 0) is 6.42 Å². The second-order valence-corrected chi connectivity index (χ2v) is 8.05. The molecular weight excluding hydrogens is 445 g/mol. The fourth-order valence-corrected chi connectivity index (χ4v) is 3.99. The van der Waals surface area contributed by atoms with Crippen LogP contribution in [0.4, 0.5) is 10.1 Å².